The Labute approximate surface area is 117 Å². The molecule has 0 atom stereocenters. The van der Waals surface area contributed by atoms with E-state index in [1.54, 1.807) is 18.5 Å². The Morgan fingerprint density at radius 3 is 2.60 bits per heavy atom. The van der Waals surface area contributed by atoms with Crippen LogP contribution in [0.2, 0.25) is 0 Å². The quantitative estimate of drug-likeness (QED) is 0.905. The number of ether oxygens (including phenoxy) is 1. The summed E-state index contributed by atoms with van der Waals surface area (Å²) < 4.78 is 5.39. The maximum atomic E-state index is 5.39. The summed E-state index contributed by atoms with van der Waals surface area (Å²) in [4.78, 5) is 15.1. The van der Waals surface area contributed by atoms with Crippen molar-refractivity contribution in [2.24, 2.45) is 0 Å². The fourth-order valence-electron chi connectivity index (χ4n) is 2.19. The summed E-state index contributed by atoms with van der Waals surface area (Å²) in [7, 11) is 0. The first-order valence-corrected chi connectivity index (χ1v) is 6.71. The van der Waals surface area contributed by atoms with Gasteiger partial charge in [0.25, 0.3) is 0 Å². The van der Waals surface area contributed by atoms with E-state index in [0.29, 0.717) is 12.5 Å². The fraction of sp³-hybridized carbons (Fsp3) is 0.357. The van der Waals surface area contributed by atoms with E-state index in [9.17, 15) is 0 Å². The summed E-state index contributed by atoms with van der Waals surface area (Å²) in [5.41, 5.74) is 1.14. The lowest BCUT2D eigenvalue weighted by Gasteiger charge is -2.29. The molecule has 0 bridgehead atoms. The van der Waals surface area contributed by atoms with Gasteiger partial charge in [-0.2, -0.15) is 0 Å². The molecule has 1 aliphatic rings. The van der Waals surface area contributed by atoms with E-state index in [4.69, 9.17) is 4.74 Å². The number of aromatic nitrogens is 3. The smallest absolute Gasteiger partial charge is 0.222 e. The number of morpholine rings is 1. The Balaban J connectivity index is 1.72. The van der Waals surface area contributed by atoms with E-state index in [-0.39, 0.29) is 0 Å². The first-order valence-electron chi connectivity index (χ1n) is 6.71. The average molecular weight is 271 g/mol. The van der Waals surface area contributed by atoms with Gasteiger partial charge in [-0.05, 0) is 12.1 Å². The number of rotatable bonds is 4. The summed E-state index contributed by atoms with van der Waals surface area (Å²) in [6.07, 6.45) is 5.27. The molecule has 20 heavy (non-hydrogen) atoms. The number of hydrogen-bond acceptors (Lipinski definition) is 6. The zero-order valence-electron chi connectivity index (χ0n) is 11.2. The van der Waals surface area contributed by atoms with Crippen molar-refractivity contribution in [3.63, 3.8) is 0 Å². The van der Waals surface area contributed by atoms with Gasteiger partial charge in [-0.15, -0.1) is 0 Å². The van der Waals surface area contributed by atoms with Gasteiger partial charge < -0.3 is 15.0 Å². The predicted octanol–water partition coefficient (Wildman–Crippen LogP) is 1.32. The second-order valence-corrected chi connectivity index (χ2v) is 4.51. The molecule has 6 heteroatoms. The van der Waals surface area contributed by atoms with Crippen LogP contribution in [0.5, 0.6) is 0 Å². The third kappa shape index (κ3) is 3.03. The zero-order chi connectivity index (χ0) is 13.6. The van der Waals surface area contributed by atoms with Crippen molar-refractivity contribution >= 4 is 11.8 Å². The number of nitrogens with one attached hydrogen (secondary N) is 1. The van der Waals surface area contributed by atoms with Gasteiger partial charge in [0, 0.05) is 43.8 Å². The molecule has 1 fully saturated rings. The van der Waals surface area contributed by atoms with Crippen molar-refractivity contribution in [1.29, 1.82) is 0 Å². The van der Waals surface area contributed by atoms with Crippen molar-refractivity contribution < 1.29 is 4.74 Å². The minimum Gasteiger partial charge on any atom is -0.378 e. The minimum absolute atomic E-state index is 0.629. The summed E-state index contributed by atoms with van der Waals surface area (Å²) in [5, 5.41) is 3.22. The van der Waals surface area contributed by atoms with Gasteiger partial charge in [0.05, 0.1) is 13.2 Å². The third-order valence-electron chi connectivity index (χ3n) is 3.18. The van der Waals surface area contributed by atoms with Crippen LogP contribution in [0.3, 0.4) is 0 Å². The molecule has 0 spiro atoms. The first kappa shape index (κ1) is 12.8. The zero-order valence-corrected chi connectivity index (χ0v) is 11.2. The molecule has 0 radical (unpaired) electrons. The lowest BCUT2D eigenvalue weighted by Crippen LogP contribution is -2.37. The summed E-state index contributed by atoms with van der Waals surface area (Å²) >= 11 is 0. The fourth-order valence-corrected chi connectivity index (χ4v) is 2.19. The van der Waals surface area contributed by atoms with Crippen LogP contribution in [0.25, 0.3) is 0 Å². The van der Waals surface area contributed by atoms with Crippen LogP contribution in [-0.2, 0) is 11.3 Å². The van der Waals surface area contributed by atoms with E-state index in [0.717, 1.165) is 37.7 Å². The van der Waals surface area contributed by atoms with E-state index >= 15 is 0 Å². The highest BCUT2D eigenvalue weighted by Crippen LogP contribution is 2.19. The molecule has 104 valence electrons. The summed E-state index contributed by atoms with van der Waals surface area (Å²) in [6, 6.07) is 5.83. The largest absolute Gasteiger partial charge is 0.378 e. The Kier molecular flexibility index (Phi) is 4.03. The molecule has 0 amide bonds. The van der Waals surface area contributed by atoms with Gasteiger partial charge in [0.2, 0.25) is 5.95 Å². The van der Waals surface area contributed by atoms with Crippen molar-refractivity contribution in [2.75, 3.05) is 36.5 Å². The lowest BCUT2D eigenvalue weighted by atomic mass is 10.2. The molecule has 2 aromatic heterocycles. The Bertz CT molecular complexity index is 542. The van der Waals surface area contributed by atoms with Gasteiger partial charge in [0.15, 0.2) is 0 Å². The van der Waals surface area contributed by atoms with E-state index in [1.165, 1.54) is 0 Å². The molecule has 1 aliphatic heterocycles. The maximum Gasteiger partial charge on any atom is 0.222 e. The lowest BCUT2D eigenvalue weighted by molar-refractivity contribution is 0.122. The molecule has 0 saturated carbocycles. The molecule has 3 heterocycles. The van der Waals surface area contributed by atoms with Crippen LogP contribution in [-0.4, -0.2) is 41.3 Å². The van der Waals surface area contributed by atoms with Crippen molar-refractivity contribution in [3.8, 4) is 0 Å². The number of pyridine rings is 1. The van der Waals surface area contributed by atoms with Crippen LogP contribution < -0.4 is 10.2 Å². The van der Waals surface area contributed by atoms with Crippen molar-refractivity contribution in [1.82, 2.24) is 15.0 Å². The highest BCUT2D eigenvalue weighted by molar-refractivity contribution is 5.48. The van der Waals surface area contributed by atoms with E-state index in [1.807, 2.05) is 12.3 Å². The van der Waals surface area contributed by atoms with Crippen LogP contribution in [0.4, 0.5) is 11.8 Å². The Hall–Kier alpha value is -2.21. The SMILES string of the molecule is c1cnc(NCc2cccnc2N2CCOCC2)nc1. The molecule has 1 saturated heterocycles. The molecular weight excluding hydrogens is 254 g/mol. The highest BCUT2D eigenvalue weighted by Gasteiger charge is 2.15. The van der Waals surface area contributed by atoms with E-state index in [2.05, 4.69) is 31.2 Å². The third-order valence-corrected chi connectivity index (χ3v) is 3.18. The van der Waals surface area contributed by atoms with Crippen LogP contribution in [0.15, 0.2) is 36.8 Å². The molecular formula is C14H17N5O. The second kappa shape index (κ2) is 6.29. The van der Waals surface area contributed by atoms with Crippen LogP contribution in [0, 0.1) is 0 Å². The number of nitrogens with zero attached hydrogens (tertiary/aromatic N) is 4. The predicted molar refractivity (Wildman–Crippen MR) is 76.6 cm³/mol. The minimum atomic E-state index is 0.629. The summed E-state index contributed by atoms with van der Waals surface area (Å²) in [5.74, 6) is 1.64. The average Bonchev–Trinajstić information content (AvgIpc) is 2.55. The molecule has 1 N–H and O–H groups in total. The molecule has 3 rings (SSSR count). The number of hydrogen-bond donors (Lipinski definition) is 1. The Morgan fingerprint density at radius 2 is 1.80 bits per heavy atom. The number of anilines is 2. The first-order chi connectivity index (χ1) is 9.93. The van der Waals surface area contributed by atoms with Gasteiger partial charge in [-0.1, -0.05) is 6.07 Å². The van der Waals surface area contributed by atoms with Crippen LogP contribution >= 0.6 is 0 Å². The van der Waals surface area contributed by atoms with Gasteiger partial charge in [-0.25, -0.2) is 15.0 Å². The molecule has 6 nitrogen and oxygen atoms in total. The normalized spacial score (nSPS) is 15.1. The standard InChI is InChI=1S/C14H17N5O/c1-3-12(11-18-14-16-5-2-6-17-14)13(15-4-1)19-7-9-20-10-8-19/h1-6H,7-11H2,(H,16,17,18). The van der Waals surface area contributed by atoms with Crippen LogP contribution in [0.1, 0.15) is 5.56 Å². The highest BCUT2D eigenvalue weighted by atomic mass is 16.5. The molecule has 0 aliphatic carbocycles. The monoisotopic (exact) mass is 271 g/mol. The molecule has 0 aromatic carbocycles. The van der Waals surface area contributed by atoms with Gasteiger partial charge >= 0.3 is 0 Å². The topological polar surface area (TPSA) is 63.2 Å². The van der Waals surface area contributed by atoms with Crippen molar-refractivity contribution in [3.05, 3.63) is 42.4 Å². The van der Waals surface area contributed by atoms with Gasteiger partial charge in [-0.3, -0.25) is 0 Å². The molecule has 2 aromatic rings. The van der Waals surface area contributed by atoms with Crippen molar-refractivity contribution in [2.45, 2.75) is 6.54 Å². The molecule has 0 unspecified atom stereocenters. The van der Waals surface area contributed by atoms with E-state index < -0.39 is 0 Å². The van der Waals surface area contributed by atoms with Gasteiger partial charge in [0.1, 0.15) is 5.82 Å². The second-order valence-electron chi connectivity index (χ2n) is 4.51. The Morgan fingerprint density at radius 1 is 1.05 bits per heavy atom. The summed E-state index contributed by atoms with van der Waals surface area (Å²) in [6.45, 7) is 3.93. The maximum absolute atomic E-state index is 5.39.